The van der Waals surface area contributed by atoms with Crippen LogP contribution in [0.25, 0.3) is 0 Å². The van der Waals surface area contributed by atoms with Gasteiger partial charge >= 0.3 is 0 Å². The number of rotatable bonds is 3. The summed E-state index contributed by atoms with van der Waals surface area (Å²) in [6, 6.07) is 0.678. The summed E-state index contributed by atoms with van der Waals surface area (Å²) in [7, 11) is 0. The zero-order chi connectivity index (χ0) is 11.5. The highest BCUT2D eigenvalue weighted by molar-refractivity contribution is 7.09. The quantitative estimate of drug-likeness (QED) is 0.879. The molecule has 2 N–H and O–H groups in total. The zero-order valence-corrected chi connectivity index (χ0v) is 11.0. The van der Waals surface area contributed by atoms with Gasteiger partial charge in [-0.2, -0.15) is 0 Å². The Morgan fingerprint density at radius 1 is 1.50 bits per heavy atom. The van der Waals surface area contributed by atoms with Gasteiger partial charge in [0.2, 0.25) is 0 Å². The van der Waals surface area contributed by atoms with Crippen molar-refractivity contribution >= 4 is 11.3 Å². The standard InChI is InChI=1S/C12H21N3S/c1-9(2)15-5-3-10(4-6-15)12-14-11(7-13)8-16-12/h8-10H,3-7,13H2,1-2H3. The van der Waals surface area contributed by atoms with Gasteiger partial charge in [-0.15, -0.1) is 11.3 Å². The lowest BCUT2D eigenvalue weighted by Crippen LogP contribution is -2.37. The summed E-state index contributed by atoms with van der Waals surface area (Å²) in [6.07, 6.45) is 2.49. The molecule has 1 aliphatic rings. The van der Waals surface area contributed by atoms with Crippen molar-refractivity contribution in [1.82, 2.24) is 9.88 Å². The summed E-state index contributed by atoms with van der Waals surface area (Å²) < 4.78 is 0. The molecule has 2 heterocycles. The minimum Gasteiger partial charge on any atom is -0.325 e. The Labute approximate surface area is 102 Å². The lowest BCUT2D eigenvalue weighted by molar-refractivity contribution is 0.172. The van der Waals surface area contributed by atoms with Crippen LogP contribution in [0.3, 0.4) is 0 Å². The Morgan fingerprint density at radius 3 is 2.69 bits per heavy atom. The summed E-state index contributed by atoms with van der Waals surface area (Å²) in [5, 5.41) is 3.40. The molecular weight excluding hydrogens is 218 g/mol. The fraction of sp³-hybridized carbons (Fsp3) is 0.750. The van der Waals surface area contributed by atoms with Crippen LogP contribution in [-0.4, -0.2) is 29.0 Å². The van der Waals surface area contributed by atoms with Crippen molar-refractivity contribution in [2.45, 2.75) is 45.2 Å². The highest BCUT2D eigenvalue weighted by Crippen LogP contribution is 2.30. The van der Waals surface area contributed by atoms with Crippen LogP contribution in [0.2, 0.25) is 0 Å². The van der Waals surface area contributed by atoms with Crippen molar-refractivity contribution in [1.29, 1.82) is 0 Å². The Morgan fingerprint density at radius 2 is 2.19 bits per heavy atom. The van der Waals surface area contributed by atoms with Gasteiger partial charge in [0.15, 0.2) is 0 Å². The normalized spacial score (nSPS) is 19.5. The van der Waals surface area contributed by atoms with Gasteiger partial charge in [0.1, 0.15) is 0 Å². The van der Waals surface area contributed by atoms with Crippen LogP contribution in [0.1, 0.15) is 43.3 Å². The number of likely N-dealkylation sites (tertiary alicyclic amines) is 1. The average molecular weight is 239 g/mol. The molecule has 1 saturated heterocycles. The van der Waals surface area contributed by atoms with Crippen LogP contribution in [-0.2, 0) is 6.54 Å². The fourth-order valence-electron chi connectivity index (χ4n) is 2.27. The number of piperidine rings is 1. The average Bonchev–Trinajstić information content (AvgIpc) is 2.77. The smallest absolute Gasteiger partial charge is 0.0960 e. The maximum Gasteiger partial charge on any atom is 0.0960 e. The minimum atomic E-state index is 0.571. The van der Waals surface area contributed by atoms with Gasteiger partial charge < -0.3 is 10.6 Å². The summed E-state index contributed by atoms with van der Waals surface area (Å²) in [5.41, 5.74) is 6.64. The molecule has 0 unspecified atom stereocenters. The molecule has 2 rings (SSSR count). The number of nitrogens with zero attached hydrogens (tertiary/aromatic N) is 2. The second kappa shape index (κ2) is 5.25. The largest absolute Gasteiger partial charge is 0.325 e. The van der Waals surface area contributed by atoms with E-state index in [9.17, 15) is 0 Å². The molecule has 1 aromatic heterocycles. The van der Waals surface area contributed by atoms with Gasteiger partial charge in [-0.1, -0.05) is 0 Å². The highest BCUT2D eigenvalue weighted by atomic mass is 32.1. The molecule has 0 spiro atoms. The molecule has 0 bridgehead atoms. The minimum absolute atomic E-state index is 0.571. The predicted molar refractivity (Wildman–Crippen MR) is 68.7 cm³/mol. The number of hydrogen-bond donors (Lipinski definition) is 1. The summed E-state index contributed by atoms with van der Waals surface area (Å²) in [6.45, 7) is 7.54. The van der Waals surface area contributed by atoms with E-state index < -0.39 is 0 Å². The third-order valence-corrected chi connectivity index (χ3v) is 4.44. The molecule has 16 heavy (non-hydrogen) atoms. The molecule has 0 atom stereocenters. The van der Waals surface area contributed by atoms with Gasteiger partial charge in [0.05, 0.1) is 10.7 Å². The molecule has 1 aliphatic heterocycles. The third kappa shape index (κ3) is 2.62. The Bertz CT molecular complexity index is 327. The molecule has 0 amide bonds. The second-order valence-electron chi connectivity index (χ2n) is 4.79. The fourth-order valence-corrected chi connectivity index (χ4v) is 3.27. The molecule has 1 fully saturated rings. The molecule has 3 nitrogen and oxygen atoms in total. The van der Waals surface area contributed by atoms with Crippen LogP contribution in [0.15, 0.2) is 5.38 Å². The van der Waals surface area contributed by atoms with Crippen LogP contribution >= 0.6 is 11.3 Å². The summed E-state index contributed by atoms with van der Waals surface area (Å²) in [5.74, 6) is 0.667. The molecule has 0 radical (unpaired) electrons. The number of nitrogens with two attached hydrogens (primary N) is 1. The van der Waals surface area contributed by atoms with Crippen molar-refractivity contribution in [3.63, 3.8) is 0 Å². The van der Waals surface area contributed by atoms with Crippen LogP contribution in [0.5, 0.6) is 0 Å². The van der Waals surface area contributed by atoms with Gasteiger partial charge in [-0.05, 0) is 39.8 Å². The van der Waals surface area contributed by atoms with Gasteiger partial charge in [-0.25, -0.2) is 4.98 Å². The number of thiazole rings is 1. The lowest BCUT2D eigenvalue weighted by Gasteiger charge is -2.33. The van der Waals surface area contributed by atoms with E-state index in [4.69, 9.17) is 5.73 Å². The Balaban J connectivity index is 1.93. The van der Waals surface area contributed by atoms with Crippen molar-refractivity contribution in [2.24, 2.45) is 5.73 Å². The van der Waals surface area contributed by atoms with Crippen LogP contribution < -0.4 is 5.73 Å². The monoisotopic (exact) mass is 239 g/mol. The molecule has 4 heteroatoms. The molecular formula is C12H21N3S. The summed E-state index contributed by atoms with van der Waals surface area (Å²) in [4.78, 5) is 7.15. The van der Waals surface area contributed by atoms with E-state index in [1.807, 2.05) is 0 Å². The van der Waals surface area contributed by atoms with Gasteiger partial charge in [-0.3, -0.25) is 0 Å². The van der Waals surface area contributed by atoms with E-state index in [2.05, 4.69) is 29.1 Å². The summed E-state index contributed by atoms with van der Waals surface area (Å²) >= 11 is 1.78. The van der Waals surface area contributed by atoms with E-state index in [1.165, 1.54) is 30.9 Å². The second-order valence-corrected chi connectivity index (χ2v) is 5.67. The lowest BCUT2D eigenvalue weighted by atomic mass is 9.97. The van der Waals surface area contributed by atoms with Crippen molar-refractivity contribution in [3.8, 4) is 0 Å². The first kappa shape index (κ1) is 12.0. The molecule has 90 valence electrons. The van der Waals surface area contributed by atoms with E-state index in [0.717, 1.165) is 5.69 Å². The SMILES string of the molecule is CC(C)N1CCC(c2nc(CN)cs2)CC1. The molecule has 1 aromatic rings. The third-order valence-electron chi connectivity index (χ3n) is 3.39. The predicted octanol–water partition coefficient (Wildman–Crippen LogP) is 2.19. The van der Waals surface area contributed by atoms with Gasteiger partial charge in [0, 0.05) is 23.9 Å². The highest BCUT2D eigenvalue weighted by Gasteiger charge is 2.23. The van der Waals surface area contributed by atoms with E-state index in [1.54, 1.807) is 11.3 Å². The van der Waals surface area contributed by atoms with Crippen molar-refractivity contribution in [3.05, 3.63) is 16.1 Å². The van der Waals surface area contributed by atoms with Crippen LogP contribution in [0.4, 0.5) is 0 Å². The Kier molecular flexibility index (Phi) is 3.95. The van der Waals surface area contributed by atoms with E-state index in [0.29, 0.717) is 18.5 Å². The first-order chi connectivity index (χ1) is 7.70. The van der Waals surface area contributed by atoms with Crippen LogP contribution in [0, 0.1) is 0 Å². The van der Waals surface area contributed by atoms with E-state index in [-0.39, 0.29) is 0 Å². The topological polar surface area (TPSA) is 42.2 Å². The number of aromatic nitrogens is 1. The maximum absolute atomic E-state index is 5.59. The maximum atomic E-state index is 5.59. The first-order valence-corrected chi connectivity index (χ1v) is 6.97. The molecule has 0 aliphatic carbocycles. The van der Waals surface area contributed by atoms with Gasteiger partial charge in [0.25, 0.3) is 0 Å². The molecule has 0 saturated carbocycles. The zero-order valence-electron chi connectivity index (χ0n) is 10.1. The van der Waals surface area contributed by atoms with Crippen molar-refractivity contribution < 1.29 is 0 Å². The van der Waals surface area contributed by atoms with Crippen molar-refractivity contribution in [2.75, 3.05) is 13.1 Å². The Hall–Kier alpha value is -0.450. The number of hydrogen-bond acceptors (Lipinski definition) is 4. The molecule has 0 aromatic carbocycles. The first-order valence-electron chi connectivity index (χ1n) is 6.09. The van der Waals surface area contributed by atoms with E-state index >= 15 is 0 Å².